The first kappa shape index (κ1) is 24.2. The van der Waals surface area contributed by atoms with E-state index >= 15 is 0 Å². The number of hydrogen-bond acceptors (Lipinski definition) is 3. The number of carbonyl (C=O) groups excluding carboxylic acids is 1. The third kappa shape index (κ3) is 6.94. The summed E-state index contributed by atoms with van der Waals surface area (Å²) in [6, 6.07) is 10.5. The topological polar surface area (TPSA) is 58.4 Å². The van der Waals surface area contributed by atoms with Crippen molar-refractivity contribution in [3.63, 3.8) is 0 Å². The highest BCUT2D eigenvalue weighted by molar-refractivity contribution is 5.85. The van der Waals surface area contributed by atoms with Crippen molar-refractivity contribution in [3.8, 4) is 0 Å². The van der Waals surface area contributed by atoms with E-state index in [1.807, 2.05) is 6.07 Å². The lowest BCUT2D eigenvalue weighted by Crippen LogP contribution is -2.42. The van der Waals surface area contributed by atoms with Crippen molar-refractivity contribution in [3.05, 3.63) is 35.9 Å². The van der Waals surface area contributed by atoms with Gasteiger partial charge in [0, 0.05) is 13.0 Å². The van der Waals surface area contributed by atoms with Crippen LogP contribution >= 0.6 is 24.8 Å². The Morgan fingerprint density at radius 2 is 1.67 bits per heavy atom. The van der Waals surface area contributed by atoms with Crippen LogP contribution in [0.2, 0.25) is 0 Å². The molecule has 1 aromatic rings. The average molecular weight is 416 g/mol. The molecule has 6 heteroatoms. The number of hydrogen-bond donors (Lipinski definition) is 2. The molecule has 2 aliphatic rings. The average Bonchev–Trinajstić information content (AvgIpc) is 3.16. The fraction of sp³-hybridized carbons (Fsp3) is 0.667. The largest absolute Gasteiger partial charge is 0.348 e. The molecule has 0 bridgehead atoms. The molecule has 1 aliphatic carbocycles. The van der Waals surface area contributed by atoms with E-state index in [-0.39, 0.29) is 42.2 Å². The summed E-state index contributed by atoms with van der Waals surface area (Å²) < 4.78 is 0. The lowest BCUT2D eigenvalue weighted by molar-refractivity contribution is -0.124. The Labute approximate surface area is 176 Å². The second-order valence-corrected chi connectivity index (χ2v) is 7.98. The molecule has 2 fully saturated rings. The van der Waals surface area contributed by atoms with E-state index in [0.29, 0.717) is 13.0 Å². The summed E-state index contributed by atoms with van der Waals surface area (Å²) in [5.41, 5.74) is 7.30. The zero-order chi connectivity index (χ0) is 17.5. The van der Waals surface area contributed by atoms with Crippen molar-refractivity contribution in [2.75, 3.05) is 26.2 Å². The van der Waals surface area contributed by atoms with E-state index in [1.54, 1.807) is 0 Å². The minimum Gasteiger partial charge on any atom is -0.348 e. The smallest absolute Gasteiger partial charge is 0.221 e. The van der Waals surface area contributed by atoms with E-state index in [2.05, 4.69) is 34.5 Å². The Morgan fingerprint density at radius 3 is 2.26 bits per heavy atom. The number of nitrogens with one attached hydrogen (secondary N) is 1. The number of halogens is 2. The highest BCUT2D eigenvalue weighted by Gasteiger charge is 2.33. The number of rotatable bonds is 7. The highest BCUT2D eigenvalue weighted by Crippen LogP contribution is 2.38. The van der Waals surface area contributed by atoms with Gasteiger partial charge in [-0.3, -0.25) is 4.79 Å². The molecule has 1 saturated carbocycles. The second kappa shape index (κ2) is 11.9. The molecule has 0 radical (unpaired) electrons. The number of benzene rings is 1. The first-order valence-electron chi connectivity index (χ1n) is 9.98. The number of likely N-dealkylation sites (tertiary alicyclic amines) is 1. The summed E-state index contributed by atoms with van der Waals surface area (Å²) >= 11 is 0. The van der Waals surface area contributed by atoms with Crippen LogP contribution in [0.3, 0.4) is 0 Å². The van der Waals surface area contributed by atoms with E-state index in [0.717, 1.165) is 32.5 Å². The van der Waals surface area contributed by atoms with Crippen molar-refractivity contribution < 1.29 is 4.79 Å². The van der Waals surface area contributed by atoms with E-state index in [1.165, 1.54) is 37.7 Å². The molecule has 1 atom stereocenters. The van der Waals surface area contributed by atoms with Gasteiger partial charge in [0.1, 0.15) is 0 Å². The lowest BCUT2D eigenvalue weighted by Gasteiger charge is -2.36. The van der Waals surface area contributed by atoms with Crippen LogP contribution in [0.5, 0.6) is 0 Å². The van der Waals surface area contributed by atoms with Crippen molar-refractivity contribution in [2.45, 2.75) is 57.4 Å². The quantitative estimate of drug-likeness (QED) is 0.704. The molecule has 1 heterocycles. The van der Waals surface area contributed by atoms with Gasteiger partial charge in [0.05, 0.1) is 6.04 Å². The molecule has 4 nitrogen and oxygen atoms in total. The SMILES string of the molecule is Cl.Cl.NCC1(CC(=O)NC(CN2CCCC2)c2ccccc2)CCCCC1. The maximum atomic E-state index is 12.8. The lowest BCUT2D eigenvalue weighted by atomic mass is 9.71. The van der Waals surface area contributed by atoms with Gasteiger partial charge in [0.2, 0.25) is 5.91 Å². The summed E-state index contributed by atoms with van der Waals surface area (Å²) in [6.07, 6.45) is 9.01. The van der Waals surface area contributed by atoms with Gasteiger partial charge in [-0.2, -0.15) is 0 Å². The van der Waals surface area contributed by atoms with Gasteiger partial charge in [0.15, 0.2) is 0 Å². The van der Waals surface area contributed by atoms with Gasteiger partial charge in [0.25, 0.3) is 0 Å². The summed E-state index contributed by atoms with van der Waals surface area (Å²) in [6.45, 7) is 3.83. The maximum absolute atomic E-state index is 12.8. The highest BCUT2D eigenvalue weighted by atomic mass is 35.5. The van der Waals surface area contributed by atoms with Crippen LogP contribution in [0.1, 0.15) is 63.0 Å². The Bertz CT molecular complexity index is 544. The van der Waals surface area contributed by atoms with Gasteiger partial charge in [-0.25, -0.2) is 0 Å². The summed E-state index contributed by atoms with van der Waals surface area (Å²) in [5, 5.41) is 3.33. The fourth-order valence-corrected chi connectivity index (χ4v) is 4.48. The number of nitrogens with two attached hydrogens (primary N) is 1. The number of amides is 1. The van der Waals surface area contributed by atoms with Crippen LogP contribution in [0.25, 0.3) is 0 Å². The molecule has 3 N–H and O–H groups in total. The molecule has 0 spiro atoms. The third-order valence-electron chi connectivity index (χ3n) is 6.06. The third-order valence-corrected chi connectivity index (χ3v) is 6.06. The van der Waals surface area contributed by atoms with Crippen LogP contribution in [0.15, 0.2) is 30.3 Å². The van der Waals surface area contributed by atoms with Gasteiger partial charge < -0.3 is 16.0 Å². The number of carbonyl (C=O) groups is 1. The van der Waals surface area contributed by atoms with Gasteiger partial charge in [-0.1, -0.05) is 49.6 Å². The summed E-state index contributed by atoms with van der Waals surface area (Å²) in [4.78, 5) is 15.3. The Morgan fingerprint density at radius 1 is 1.04 bits per heavy atom. The second-order valence-electron chi connectivity index (χ2n) is 7.98. The molecular formula is C21H35Cl2N3O. The molecular weight excluding hydrogens is 381 g/mol. The van der Waals surface area contributed by atoms with Gasteiger partial charge in [-0.05, 0) is 56.3 Å². The molecule has 3 rings (SSSR count). The first-order chi connectivity index (χ1) is 12.2. The zero-order valence-corrected chi connectivity index (χ0v) is 17.8. The molecule has 1 aromatic carbocycles. The Hall–Kier alpha value is -0.810. The first-order valence-corrected chi connectivity index (χ1v) is 9.98. The molecule has 1 saturated heterocycles. The predicted molar refractivity (Wildman–Crippen MR) is 117 cm³/mol. The van der Waals surface area contributed by atoms with Gasteiger partial charge >= 0.3 is 0 Å². The van der Waals surface area contributed by atoms with Crippen LogP contribution in [-0.4, -0.2) is 37.0 Å². The van der Waals surface area contributed by atoms with Crippen molar-refractivity contribution >= 4 is 30.7 Å². The van der Waals surface area contributed by atoms with E-state index in [4.69, 9.17) is 5.73 Å². The van der Waals surface area contributed by atoms with Crippen LogP contribution in [-0.2, 0) is 4.79 Å². The maximum Gasteiger partial charge on any atom is 0.221 e. The zero-order valence-electron chi connectivity index (χ0n) is 16.2. The molecule has 154 valence electrons. The minimum atomic E-state index is 0. The molecule has 1 unspecified atom stereocenters. The van der Waals surface area contributed by atoms with Crippen molar-refractivity contribution in [1.82, 2.24) is 10.2 Å². The van der Waals surface area contributed by atoms with Crippen LogP contribution in [0, 0.1) is 5.41 Å². The van der Waals surface area contributed by atoms with Crippen molar-refractivity contribution in [2.24, 2.45) is 11.1 Å². The molecule has 1 amide bonds. The molecule has 1 aliphatic heterocycles. The van der Waals surface area contributed by atoms with E-state index < -0.39 is 0 Å². The van der Waals surface area contributed by atoms with Crippen LogP contribution in [0.4, 0.5) is 0 Å². The summed E-state index contributed by atoms with van der Waals surface area (Å²) in [7, 11) is 0. The molecule has 27 heavy (non-hydrogen) atoms. The summed E-state index contributed by atoms with van der Waals surface area (Å²) in [5.74, 6) is 0.167. The monoisotopic (exact) mass is 415 g/mol. The predicted octanol–water partition coefficient (Wildman–Crippen LogP) is 4.08. The Balaban J connectivity index is 0.00000182. The standard InChI is InChI=1S/C21H33N3O.2ClH/c22-17-21(11-5-2-6-12-21)15-20(25)23-19(16-24-13-7-8-14-24)18-9-3-1-4-10-18;;/h1,3-4,9-10,19H,2,5-8,11-17,22H2,(H,23,25);2*1H. The fourth-order valence-electron chi connectivity index (χ4n) is 4.48. The minimum absolute atomic E-state index is 0. The van der Waals surface area contributed by atoms with Crippen LogP contribution < -0.4 is 11.1 Å². The van der Waals surface area contributed by atoms with E-state index in [9.17, 15) is 4.79 Å². The van der Waals surface area contributed by atoms with Crippen molar-refractivity contribution in [1.29, 1.82) is 0 Å². The molecule has 0 aromatic heterocycles. The normalized spacial score (nSPS) is 20.2. The number of nitrogens with zero attached hydrogens (tertiary/aromatic N) is 1. The Kier molecular flexibility index (Phi) is 10.7. The van der Waals surface area contributed by atoms with Gasteiger partial charge in [-0.15, -0.1) is 24.8 Å².